The lowest BCUT2D eigenvalue weighted by Gasteiger charge is -2.32. The highest BCUT2D eigenvalue weighted by molar-refractivity contribution is 5.89. The van der Waals surface area contributed by atoms with E-state index in [1.807, 2.05) is 66.7 Å². The minimum absolute atomic E-state index is 0.00501. The van der Waals surface area contributed by atoms with Gasteiger partial charge in [0.2, 0.25) is 11.8 Å². The number of nitrogens with one attached hydrogen (secondary N) is 1. The summed E-state index contributed by atoms with van der Waals surface area (Å²) in [4.78, 5) is 29.2. The summed E-state index contributed by atoms with van der Waals surface area (Å²) in [5.74, 6) is 0.752. The second kappa shape index (κ2) is 12.9. The second-order valence-corrected chi connectivity index (χ2v) is 9.07. The summed E-state index contributed by atoms with van der Waals surface area (Å²) < 4.78 is 16.5. The first-order valence-electron chi connectivity index (χ1n) is 12.6. The summed E-state index contributed by atoms with van der Waals surface area (Å²) in [5, 5.41) is 3.05. The van der Waals surface area contributed by atoms with Gasteiger partial charge in [-0.25, -0.2) is 0 Å². The zero-order valence-electron chi connectivity index (χ0n) is 21.4. The van der Waals surface area contributed by atoms with Crippen molar-refractivity contribution in [1.82, 2.24) is 10.2 Å². The predicted molar refractivity (Wildman–Crippen MR) is 141 cm³/mol. The Morgan fingerprint density at radius 1 is 0.946 bits per heavy atom. The Morgan fingerprint density at radius 3 is 2.30 bits per heavy atom. The maximum absolute atomic E-state index is 13.9. The summed E-state index contributed by atoms with van der Waals surface area (Å²) in [5.41, 5.74) is 2.47. The van der Waals surface area contributed by atoms with Gasteiger partial charge in [-0.15, -0.1) is 0 Å². The summed E-state index contributed by atoms with van der Waals surface area (Å²) in [6.45, 7) is 1.43. The molecular formula is C30H34N2O5. The number of amides is 2. The SMILES string of the molecule is COc1ccc(CC(=O)N(Cc2ccccc2)[C@@H](C(=O)NC[C@@H]2CCCO2)c2ccccc2)cc1OC. The number of nitrogens with zero attached hydrogens (tertiary/aromatic N) is 1. The van der Waals surface area contributed by atoms with Gasteiger partial charge in [0.25, 0.3) is 0 Å². The third kappa shape index (κ3) is 6.89. The quantitative estimate of drug-likeness (QED) is 0.423. The molecule has 2 amide bonds. The summed E-state index contributed by atoms with van der Waals surface area (Å²) in [6, 6.07) is 23.8. The number of methoxy groups -OCH3 is 2. The number of carbonyl (C=O) groups is 2. The molecule has 194 valence electrons. The van der Waals surface area contributed by atoms with Crippen molar-refractivity contribution in [3.63, 3.8) is 0 Å². The molecule has 1 saturated heterocycles. The van der Waals surface area contributed by atoms with E-state index in [-0.39, 0.29) is 24.3 Å². The fourth-order valence-electron chi connectivity index (χ4n) is 4.59. The third-order valence-corrected chi connectivity index (χ3v) is 6.52. The zero-order valence-corrected chi connectivity index (χ0v) is 21.4. The molecule has 0 aromatic heterocycles. The van der Waals surface area contributed by atoms with Crippen LogP contribution >= 0.6 is 0 Å². The average molecular weight is 503 g/mol. The molecule has 7 heteroatoms. The van der Waals surface area contributed by atoms with Gasteiger partial charge >= 0.3 is 0 Å². The third-order valence-electron chi connectivity index (χ3n) is 6.52. The largest absolute Gasteiger partial charge is 0.493 e. The van der Waals surface area contributed by atoms with E-state index >= 15 is 0 Å². The van der Waals surface area contributed by atoms with Gasteiger partial charge in [-0.2, -0.15) is 0 Å². The second-order valence-electron chi connectivity index (χ2n) is 9.07. The van der Waals surface area contributed by atoms with Crippen LogP contribution in [0.15, 0.2) is 78.9 Å². The lowest BCUT2D eigenvalue weighted by molar-refractivity contribution is -0.141. The van der Waals surface area contributed by atoms with Crippen LogP contribution in [0.3, 0.4) is 0 Å². The standard InChI is InChI=1S/C30H34N2O5/c1-35-26-16-15-23(18-27(26)36-2)19-28(33)32(21-22-10-5-3-6-11-22)29(24-12-7-4-8-13-24)30(34)31-20-25-14-9-17-37-25/h3-8,10-13,15-16,18,25,29H,9,14,17,19-21H2,1-2H3,(H,31,34)/t25-,29+/m0/s1. The fraction of sp³-hybridized carbons (Fsp3) is 0.333. The molecule has 3 aromatic carbocycles. The lowest BCUT2D eigenvalue weighted by Crippen LogP contribution is -2.45. The van der Waals surface area contributed by atoms with Crippen LogP contribution in [0.25, 0.3) is 0 Å². The van der Waals surface area contributed by atoms with Gasteiger partial charge in [0.1, 0.15) is 6.04 Å². The Morgan fingerprint density at radius 2 is 1.65 bits per heavy atom. The lowest BCUT2D eigenvalue weighted by atomic mass is 10.0. The molecule has 0 aliphatic carbocycles. The van der Waals surface area contributed by atoms with Crippen molar-refractivity contribution < 1.29 is 23.8 Å². The van der Waals surface area contributed by atoms with Crippen molar-refractivity contribution in [2.75, 3.05) is 27.4 Å². The zero-order chi connectivity index (χ0) is 26.0. The van der Waals surface area contributed by atoms with Crippen LogP contribution in [0.4, 0.5) is 0 Å². The van der Waals surface area contributed by atoms with Crippen molar-refractivity contribution in [3.8, 4) is 11.5 Å². The molecular weight excluding hydrogens is 468 g/mol. The van der Waals surface area contributed by atoms with Gasteiger partial charge in [-0.1, -0.05) is 66.7 Å². The van der Waals surface area contributed by atoms with Gasteiger partial charge in [0, 0.05) is 19.7 Å². The van der Waals surface area contributed by atoms with E-state index in [0.29, 0.717) is 31.2 Å². The first kappa shape index (κ1) is 26.2. The van der Waals surface area contributed by atoms with E-state index in [0.717, 1.165) is 29.5 Å². The van der Waals surface area contributed by atoms with Crippen molar-refractivity contribution in [1.29, 1.82) is 0 Å². The topological polar surface area (TPSA) is 77.1 Å². The van der Waals surface area contributed by atoms with Crippen LogP contribution in [0.2, 0.25) is 0 Å². The molecule has 0 saturated carbocycles. The Bertz CT molecular complexity index is 1160. The Balaban J connectivity index is 1.65. The number of ether oxygens (including phenoxy) is 3. The molecule has 1 heterocycles. The Kier molecular flexibility index (Phi) is 9.16. The minimum Gasteiger partial charge on any atom is -0.493 e. The highest BCUT2D eigenvalue weighted by Crippen LogP contribution is 2.29. The van der Waals surface area contributed by atoms with E-state index in [1.165, 1.54) is 0 Å². The molecule has 1 aliphatic heterocycles. The number of hydrogen-bond donors (Lipinski definition) is 1. The molecule has 1 N–H and O–H groups in total. The number of benzene rings is 3. The maximum atomic E-state index is 13.9. The van der Waals surface area contributed by atoms with Gasteiger partial charge < -0.3 is 24.4 Å². The molecule has 3 aromatic rings. The van der Waals surface area contributed by atoms with E-state index in [1.54, 1.807) is 31.3 Å². The summed E-state index contributed by atoms with van der Waals surface area (Å²) >= 11 is 0. The van der Waals surface area contributed by atoms with Crippen LogP contribution in [0.5, 0.6) is 11.5 Å². The van der Waals surface area contributed by atoms with E-state index in [9.17, 15) is 9.59 Å². The van der Waals surface area contributed by atoms with Gasteiger partial charge in [-0.3, -0.25) is 9.59 Å². The number of carbonyl (C=O) groups excluding carboxylic acids is 2. The summed E-state index contributed by atoms with van der Waals surface area (Å²) in [7, 11) is 3.14. The first-order chi connectivity index (χ1) is 18.1. The van der Waals surface area contributed by atoms with Crippen LogP contribution in [-0.4, -0.2) is 50.2 Å². The molecule has 0 spiro atoms. The molecule has 37 heavy (non-hydrogen) atoms. The van der Waals surface area contributed by atoms with Crippen LogP contribution in [-0.2, 0) is 27.3 Å². The average Bonchev–Trinajstić information content (AvgIpc) is 3.46. The summed E-state index contributed by atoms with van der Waals surface area (Å²) in [6.07, 6.45) is 2.02. The Labute approximate surface area is 218 Å². The van der Waals surface area contributed by atoms with Gasteiger partial charge in [0.05, 0.1) is 26.7 Å². The monoisotopic (exact) mass is 502 g/mol. The van der Waals surface area contributed by atoms with Crippen molar-refractivity contribution >= 4 is 11.8 Å². The Hall–Kier alpha value is -3.84. The highest BCUT2D eigenvalue weighted by Gasteiger charge is 2.32. The smallest absolute Gasteiger partial charge is 0.247 e. The van der Waals surface area contributed by atoms with Crippen molar-refractivity contribution in [2.45, 2.75) is 38.0 Å². The van der Waals surface area contributed by atoms with E-state index in [4.69, 9.17) is 14.2 Å². The highest BCUT2D eigenvalue weighted by atomic mass is 16.5. The minimum atomic E-state index is -0.796. The van der Waals surface area contributed by atoms with Crippen molar-refractivity contribution in [2.24, 2.45) is 0 Å². The van der Waals surface area contributed by atoms with E-state index in [2.05, 4.69) is 5.32 Å². The number of hydrogen-bond acceptors (Lipinski definition) is 5. The molecule has 0 bridgehead atoms. The molecule has 1 fully saturated rings. The van der Waals surface area contributed by atoms with Crippen LogP contribution in [0.1, 0.15) is 35.6 Å². The van der Waals surface area contributed by atoms with Gasteiger partial charge in [-0.05, 0) is 41.7 Å². The first-order valence-corrected chi connectivity index (χ1v) is 12.6. The normalized spacial score (nSPS) is 15.6. The van der Waals surface area contributed by atoms with Crippen molar-refractivity contribution in [3.05, 3.63) is 95.6 Å². The van der Waals surface area contributed by atoms with Crippen LogP contribution in [0, 0.1) is 0 Å². The molecule has 0 unspecified atom stereocenters. The fourth-order valence-corrected chi connectivity index (χ4v) is 4.59. The van der Waals surface area contributed by atoms with Crippen LogP contribution < -0.4 is 14.8 Å². The van der Waals surface area contributed by atoms with E-state index < -0.39 is 6.04 Å². The molecule has 4 rings (SSSR count). The molecule has 0 radical (unpaired) electrons. The predicted octanol–water partition coefficient (Wildman–Crippen LogP) is 4.31. The molecule has 1 aliphatic rings. The molecule has 2 atom stereocenters. The maximum Gasteiger partial charge on any atom is 0.247 e. The van der Waals surface area contributed by atoms with Gasteiger partial charge in [0.15, 0.2) is 11.5 Å². The number of rotatable bonds is 11. The molecule has 7 nitrogen and oxygen atoms in total.